The molecule has 0 N–H and O–H groups in total. The summed E-state index contributed by atoms with van der Waals surface area (Å²) in [6.07, 6.45) is 1.79. The third-order valence-corrected chi connectivity index (χ3v) is 4.38. The van der Waals surface area contributed by atoms with Crippen LogP contribution in [0.1, 0.15) is 41.3 Å². The zero-order valence-electron chi connectivity index (χ0n) is 12.2. The van der Waals surface area contributed by atoms with E-state index in [1.807, 2.05) is 19.1 Å². The normalized spacial score (nSPS) is 10.5. The molecule has 2 nitrogen and oxygen atoms in total. The number of benzene rings is 2. The smallest absolute Gasteiger partial charge is 0.194 e. The summed E-state index contributed by atoms with van der Waals surface area (Å²) < 4.78 is 0.744. The van der Waals surface area contributed by atoms with Crippen LogP contribution < -0.4 is 0 Å². The number of hydrogen-bond donors (Lipinski definition) is 0. The van der Waals surface area contributed by atoms with Gasteiger partial charge in [-0.1, -0.05) is 40.5 Å². The summed E-state index contributed by atoms with van der Waals surface area (Å²) >= 11 is 9.29. The number of ketones is 2. The number of Topliss-reactive ketones (excluding diaryl/α,β-unsaturated/α-hetero) is 1. The lowest BCUT2D eigenvalue weighted by Gasteiger charge is -2.07. The van der Waals surface area contributed by atoms with Crippen molar-refractivity contribution < 1.29 is 9.59 Å². The Kier molecular flexibility index (Phi) is 5.92. The van der Waals surface area contributed by atoms with Gasteiger partial charge in [0.15, 0.2) is 5.78 Å². The molecule has 114 valence electrons. The maximum Gasteiger partial charge on any atom is 0.194 e. The Morgan fingerprint density at radius 1 is 1.09 bits per heavy atom. The summed E-state index contributed by atoms with van der Waals surface area (Å²) in [4.78, 5) is 23.9. The summed E-state index contributed by atoms with van der Waals surface area (Å²) in [6.45, 7) is 1.87. The molecule has 0 aliphatic rings. The number of halogens is 2. The van der Waals surface area contributed by atoms with Crippen LogP contribution in [0.5, 0.6) is 0 Å². The van der Waals surface area contributed by atoms with Gasteiger partial charge >= 0.3 is 0 Å². The first-order valence-electron chi connectivity index (χ1n) is 7.11. The number of carbonyl (C=O) groups is 2. The molecule has 0 fully saturated rings. The van der Waals surface area contributed by atoms with E-state index < -0.39 is 0 Å². The van der Waals surface area contributed by atoms with Crippen molar-refractivity contribution in [3.05, 3.63) is 68.7 Å². The highest BCUT2D eigenvalue weighted by molar-refractivity contribution is 9.10. The SMILES string of the molecule is CCC(=O)CCc1ccc(C(=O)c2ccc(Cl)cc2)c(Br)c1. The van der Waals surface area contributed by atoms with Crippen LogP contribution >= 0.6 is 27.5 Å². The van der Waals surface area contributed by atoms with E-state index in [1.54, 1.807) is 30.3 Å². The van der Waals surface area contributed by atoms with Crippen LogP contribution in [-0.4, -0.2) is 11.6 Å². The highest BCUT2D eigenvalue weighted by Crippen LogP contribution is 2.23. The average Bonchev–Trinajstić information content (AvgIpc) is 2.52. The van der Waals surface area contributed by atoms with Crippen molar-refractivity contribution in [2.75, 3.05) is 0 Å². The molecule has 0 aliphatic carbocycles. The minimum absolute atomic E-state index is 0.0558. The molecular weight excluding hydrogens is 364 g/mol. The standard InChI is InChI=1S/C18H16BrClO2/c1-2-15(21)9-3-12-4-10-16(17(19)11-12)18(22)13-5-7-14(20)8-6-13/h4-8,10-11H,2-3,9H2,1H3. The lowest BCUT2D eigenvalue weighted by molar-refractivity contribution is -0.118. The van der Waals surface area contributed by atoms with E-state index in [4.69, 9.17) is 11.6 Å². The molecule has 0 unspecified atom stereocenters. The molecule has 0 heterocycles. The van der Waals surface area contributed by atoms with Gasteiger partial charge in [-0.2, -0.15) is 0 Å². The fraction of sp³-hybridized carbons (Fsp3) is 0.222. The minimum atomic E-state index is -0.0558. The van der Waals surface area contributed by atoms with Crippen LogP contribution in [0.25, 0.3) is 0 Å². The molecular formula is C18H16BrClO2. The van der Waals surface area contributed by atoms with Crippen molar-refractivity contribution in [3.63, 3.8) is 0 Å². The van der Waals surface area contributed by atoms with E-state index in [0.29, 0.717) is 35.4 Å². The van der Waals surface area contributed by atoms with Crippen LogP contribution in [0.4, 0.5) is 0 Å². The molecule has 0 amide bonds. The fourth-order valence-electron chi connectivity index (χ4n) is 2.12. The molecule has 22 heavy (non-hydrogen) atoms. The lowest BCUT2D eigenvalue weighted by atomic mass is 10.00. The maximum absolute atomic E-state index is 12.5. The molecule has 0 spiro atoms. The number of rotatable bonds is 6. The molecule has 0 atom stereocenters. The summed E-state index contributed by atoms with van der Waals surface area (Å²) in [5.41, 5.74) is 2.24. The van der Waals surface area contributed by atoms with Crippen molar-refractivity contribution in [1.29, 1.82) is 0 Å². The number of carbonyl (C=O) groups excluding carboxylic acids is 2. The van der Waals surface area contributed by atoms with Gasteiger partial charge in [0.2, 0.25) is 0 Å². The zero-order valence-corrected chi connectivity index (χ0v) is 14.6. The topological polar surface area (TPSA) is 34.1 Å². The van der Waals surface area contributed by atoms with Crippen molar-refractivity contribution in [1.82, 2.24) is 0 Å². The van der Waals surface area contributed by atoms with Gasteiger partial charge in [-0.05, 0) is 48.4 Å². The van der Waals surface area contributed by atoms with E-state index in [1.165, 1.54) is 0 Å². The molecule has 2 aromatic rings. The van der Waals surface area contributed by atoms with Crippen molar-refractivity contribution in [2.45, 2.75) is 26.2 Å². The Hall–Kier alpha value is -1.45. The van der Waals surface area contributed by atoms with Crippen LogP contribution in [0, 0.1) is 0 Å². The summed E-state index contributed by atoms with van der Waals surface area (Å²) in [5, 5.41) is 0.603. The quantitative estimate of drug-likeness (QED) is 0.643. The van der Waals surface area contributed by atoms with Gasteiger partial charge in [0.05, 0.1) is 0 Å². The van der Waals surface area contributed by atoms with E-state index in [0.717, 1.165) is 10.0 Å². The van der Waals surface area contributed by atoms with E-state index in [-0.39, 0.29) is 11.6 Å². The number of hydrogen-bond acceptors (Lipinski definition) is 2. The predicted molar refractivity (Wildman–Crippen MR) is 92.6 cm³/mol. The second-order valence-corrected chi connectivity index (χ2v) is 6.33. The lowest BCUT2D eigenvalue weighted by Crippen LogP contribution is -2.03. The first-order chi connectivity index (χ1) is 10.5. The van der Waals surface area contributed by atoms with Gasteiger partial charge < -0.3 is 0 Å². The third kappa shape index (κ3) is 4.28. The van der Waals surface area contributed by atoms with Gasteiger partial charge in [-0.25, -0.2) is 0 Å². The first kappa shape index (κ1) is 16.9. The molecule has 0 radical (unpaired) electrons. The van der Waals surface area contributed by atoms with Gasteiger partial charge in [-0.15, -0.1) is 0 Å². The molecule has 0 bridgehead atoms. The maximum atomic E-state index is 12.5. The van der Waals surface area contributed by atoms with Gasteiger partial charge in [0.1, 0.15) is 5.78 Å². The highest BCUT2D eigenvalue weighted by atomic mass is 79.9. The van der Waals surface area contributed by atoms with Gasteiger partial charge in [0.25, 0.3) is 0 Å². The Morgan fingerprint density at radius 2 is 1.77 bits per heavy atom. The van der Waals surface area contributed by atoms with Crippen LogP contribution in [-0.2, 0) is 11.2 Å². The van der Waals surface area contributed by atoms with Crippen molar-refractivity contribution in [3.8, 4) is 0 Å². The fourth-order valence-corrected chi connectivity index (χ4v) is 2.85. The Labute approximate surface area is 143 Å². The minimum Gasteiger partial charge on any atom is -0.300 e. The van der Waals surface area contributed by atoms with Gasteiger partial charge in [-0.3, -0.25) is 9.59 Å². The first-order valence-corrected chi connectivity index (χ1v) is 8.28. The molecule has 2 rings (SSSR count). The second kappa shape index (κ2) is 7.70. The van der Waals surface area contributed by atoms with Crippen molar-refractivity contribution >= 4 is 39.1 Å². The molecule has 0 aromatic heterocycles. The largest absolute Gasteiger partial charge is 0.300 e. The van der Waals surface area contributed by atoms with E-state index in [9.17, 15) is 9.59 Å². The highest BCUT2D eigenvalue weighted by Gasteiger charge is 2.13. The van der Waals surface area contributed by atoms with Crippen LogP contribution in [0.2, 0.25) is 5.02 Å². The summed E-state index contributed by atoms with van der Waals surface area (Å²) in [6, 6.07) is 12.4. The second-order valence-electron chi connectivity index (χ2n) is 5.04. The molecule has 4 heteroatoms. The van der Waals surface area contributed by atoms with Crippen LogP contribution in [0.3, 0.4) is 0 Å². The zero-order chi connectivity index (χ0) is 16.1. The van der Waals surface area contributed by atoms with Crippen molar-refractivity contribution in [2.24, 2.45) is 0 Å². The van der Waals surface area contributed by atoms with Crippen LogP contribution in [0.15, 0.2) is 46.9 Å². The van der Waals surface area contributed by atoms with Gasteiger partial charge in [0, 0.05) is 33.5 Å². The number of aryl methyl sites for hydroxylation is 1. The monoisotopic (exact) mass is 378 g/mol. The molecule has 0 saturated heterocycles. The Bertz CT molecular complexity index is 693. The molecule has 2 aromatic carbocycles. The molecule has 0 aliphatic heterocycles. The third-order valence-electron chi connectivity index (χ3n) is 3.47. The Morgan fingerprint density at radius 3 is 2.36 bits per heavy atom. The predicted octanol–water partition coefficient (Wildman–Crippen LogP) is 5.25. The summed E-state index contributed by atoms with van der Waals surface area (Å²) in [5.74, 6) is 0.192. The average molecular weight is 380 g/mol. The van der Waals surface area contributed by atoms with E-state index in [2.05, 4.69) is 15.9 Å². The van der Waals surface area contributed by atoms with E-state index >= 15 is 0 Å². The Balaban J connectivity index is 2.17. The molecule has 0 saturated carbocycles. The summed E-state index contributed by atoms with van der Waals surface area (Å²) in [7, 11) is 0.